The second-order valence-corrected chi connectivity index (χ2v) is 5.09. The van der Waals surface area contributed by atoms with Gasteiger partial charge in [0, 0.05) is 10.7 Å². The molecule has 1 heterocycles. The van der Waals surface area contributed by atoms with Crippen LogP contribution in [0.1, 0.15) is 22.4 Å². The zero-order chi connectivity index (χ0) is 13.7. The molecule has 0 aliphatic carbocycles. The Morgan fingerprint density at radius 3 is 1.83 bits per heavy atom. The second kappa shape index (κ2) is 6.77. The Balaban J connectivity index is 0.000000180. The first-order valence-corrected chi connectivity index (χ1v) is 6.48. The maximum absolute atomic E-state index is 5.72. The third-order valence-corrected chi connectivity index (χ3v) is 3.23. The van der Waals surface area contributed by atoms with Crippen LogP contribution in [-0.2, 0) is 0 Å². The van der Waals surface area contributed by atoms with Crippen LogP contribution in [0.15, 0.2) is 30.3 Å². The first-order valence-electron chi connectivity index (χ1n) is 5.72. The molecular weight excluding hydrogens is 265 g/mol. The van der Waals surface area contributed by atoms with Crippen LogP contribution >= 0.6 is 23.2 Å². The summed E-state index contributed by atoms with van der Waals surface area (Å²) in [7, 11) is 0. The average Bonchev–Trinajstić information content (AvgIpc) is 2.30. The Labute approximate surface area is 119 Å². The van der Waals surface area contributed by atoms with Crippen LogP contribution in [0.25, 0.3) is 0 Å². The molecular formula is C15H17Cl2N. The van der Waals surface area contributed by atoms with Gasteiger partial charge in [-0.05, 0) is 62.6 Å². The number of nitrogens with zero attached hydrogens (tertiary/aromatic N) is 1. The number of benzene rings is 1. The molecule has 0 aliphatic rings. The van der Waals surface area contributed by atoms with Crippen LogP contribution in [0.3, 0.4) is 0 Å². The van der Waals surface area contributed by atoms with Crippen molar-refractivity contribution in [3.8, 4) is 0 Å². The third kappa shape index (κ3) is 4.67. The van der Waals surface area contributed by atoms with Crippen molar-refractivity contribution in [3.63, 3.8) is 0 Å². The minimum absolute atomic E-state index is 0.568. The van der Waals surface area contributed by atoms with Crippen molar-refractivity contribution >= 4 is 23.2 Å². The molecule has 2 aromatic rings. The fraction of sp³-hybridized carbons (Fsp3) is 0.267. The number of rotatable bonds is 0. The zero-order valence-electron chi connectivity index (χ0n) is 11.1. The third-order valence-electron chi connectivity index (χ3n) is 2.79. The number of pyridine rings is 1. The Morgan fingerprint density at radius 2 is 1.39 bits per heavy atom. The quantitative estimate of drug-likeness (QED) is 0.597. The molecule has 0 fully saturated rings. The van der Waals surface area contributed by atoms with Gasteiger partial charge in [-0.25, -0.2) is 4.98 Å². The van der Waals surface area contributed by atoms with Crippen molar-refractivity contribution in [1.82, 2.24) is 4.98 Å². The number of hydrogen-bond acceptors (Lipinski definition) is 1. The highest BCUT2D eigenvalue weighted by Crippen LogP contribution is 2.13. The second-order valence-electron chi connectivity index (χ2n) is 4.26. The van der Waals surface area contributed by atoms with Crippen molar-refractivity contribution < 1.29 is 0 Å². The van der Waals surface area contributed by atoms with E-state index in [4.69, 9.17) is 23.2 Å². The highest BCUT2D eigenvalue weighted by Gasteiger charge is 1.92. The van der Waals surface area contributed by atoms with Crippen molar-refractivity contribution in [2.75, 3.05) is 0 Å². The number of hydrogen-bond donors (Lipinski definition) is 0. The van der Waals surface area contributed by atoms with Gasteiger partial charge in [-0.3, -0.25) is 0 Å². The predicted molar refractivity (Wildman–Crippen MR) is 79.6 cm³/mol. The molecule has 18 heavy (non-hydrogen) atoms. The van der Waals surface area contributed by atoms with Gasteiger partial charge in [0.2, 0.25) is 0 Å². The first kappa shape index (κ1) is 15.0. The van der Waals surface area contributed by atoms with Gasteiger partial charge < -0.3 is 0 Å². The van der Waals surface area contributed by atoms with Crippen molar-refractivity contribution in [3.05, 3.63) is 62.9 Å². The standard InChI is InChI=1S/C8H9Cl.C7H8ClN/c1-6-3-4-8(9)5-7(6)2;1-5-3-4-7(8)9-6(5)2/h3-5H,1-2H3;3-4H,1-2H3. The topological polar surface area (TPSA) is 12.9 Å². The summed E-state index contributed by atoms with van der Waals surface area (Å²) in [6, 6.07) is 9.66. The summed E-state index contributed by atoms with van der Waals surface area (Å²) in [6.07, 6.45) is 0. The van der Waals surface area contributed by atoms with Gasteiger partial charge in [-0.1, -0.05) is 35.3 Å². The van der Waals surface area contributed by atoms with E-state index in [0.717, 1.165) is 10.7 Å². The van der Waals surface area contributed by atoms with E-state index < -0.39 is 0 Å². The molecule has 2 rings (SSSR count). The zero-order valence-corrected chi connectivity index (χ0v) is 12.6. The van der Waals surface area contributed by atoms with Gasteiger partial charge in [0.05, 0.1) is 0 Å². The highest BCUT2D eigenvalue weighted by molar-refractivity contribution is 6.30. The molecule has 0 saturated heterocycles. The lowest BCUT2D eigenvalue weighted by atomic mass is 10.1. The Bertz CT molecular complexity index is 487. The summed E-state index contributed by atoms with van der Waals surface area (Å²) in [6.45, 7) is 8.09. The summed E-state index contributed by atoms with van der Waals surface area (Å²) >= 11 is 11.3. The minimum atomic E-state index is 0.568. The number of aromatic nitrogens is 1. The van der Waals surface area contributed by atoms with Crippen molar-refractivity contribution in [2.24, 2.45) is 0 Å². The maximum Gasteiger partial charge on any atom is 0.129 e. The molecule has 0 aliphatic heterocycles. The predicted octanol–water partition coefficient (Wildman–Crippen LogP) is 5.31. The van der Waals surface area contributed by atoms with Gasteiger partial charge >= 0.3 is 0 Å². The molecule has 0 atom stereocenters. The van der Waals surface area contributed by atoms with E-state index >= 15 is 0 Å². The van der Waals surface area contributed by atoms with E-state index in [1.54, 1.807) is 6.07 Å². The smallest absolute Gasteiger partial charge is 0.129 e. The molecule has 3 heteroatoms. The maximum atomic E-state index is 5.72. The van der Waals surface area contributed by atoms with Gasteiger partial charge in [-0.2, -0.15) is 0 Å². The molecule has 0 bridgehead atoms. The normalized spacial score (nSPS) is 9.67. The van der Waals surface area contributed by atoms with Crippen LogP contribution in [-0.4, -0.2) is 4.98 Å². The van der Waals surface area contributed by atoms with Crippen LogP contribution < -0.4 is 0 Å². The van der Waals surface area contributed by atoms with Crippen molar-refractivity contribution in [2.45, 2.75) is 27.7 Å². The Kier molecular flexibility index (Phi) is 5.64. The number of aryl methyl sites for hydroxylation is 4. The fourth-order valence-corrected chi connectivity index (χ4v) is 1.72. The summed E-state index contributed by atoms with van der Waals surface area (Å²) < 4.78 is 0. The van der Waals surface area contributed by atoms with Crippen LogP contribution in [0, 0.1) is 27.7 Å². The Morgan fingerprint density at radius 1 is 0.778 bits per heavy atom. The molecule has 0 radical (unpaired) electrons. The molecule has 0 N–H and O–H groups in total. The molecule has 1 aromatic carbocycles. The summed E-state index contributed by atoms with van der Waals surface area (Å²) in [5.41, 5.74) is 4.73. The lowest BCUT2D eigenvalue weighted by molar-refractivity contribution is 1.15. The number of halogens is 2. The van der Waals surface area contributed by atoms with E-state index in [1.165, 1.54) is 16.7 Å². The van der Waals surface area contributed by atoms with Crippen LogP contribution in [0.2, 0.25) is 10.2 Å². The van der Waals surface area contributed by atoms with E-state index in [9.17, 15) is 0 Å². The summed E-state index contributed by atoms with van der Waals surface area (Å²) in [5.74, 6) is 0. The molecule has 0 unspecified atom stereocenters. The minimum Gasteiger partial charge on any atom is -0.241 e. The van der Waals surface area contributed by atoms with Crippen LogP contribution in [0.4, 0.5) is 0 Å². The van der Waals surface area contributed by atoms with E-state index in [-0.39, 0.29) is 0 Å². The van der Waals surface area contributed by atoms with Gasteiger partial charge in [0.15, 0.2) is 0 Å². The van der Waals surface area contributed by atoms with Gasteiger partial charge in [0.25, 0.3) is 0 Å². The fourth-order valence-electron chi connectivity index (χ4n) is 1.30. The van der Waals surface area contributed by atoms with Gasteiger partial charge in [0.1, 0.15) is 5.15 Å². The average molecular weight is 282 g/mol. The summed E-state index contributed by atoms with van der Waals surface area (Å²) in [5, 5.41) is 1.39. The van der Waals surface area contributed by atoms with Gasteiger partial charge in [-0.15, -0.1) is 0 Å². The molecule has 0 spiro atoms. The monoisotopic (exact) mass is 281 g/mol. The SMILES string of the molecule is Cc1ccc(Cl)cc1C.Cc1ccc(Cl)nc1C. The Hall–Kier alpha value is -1.05. The van der Waals surface area contributed by atoms with Crippen LogP contribution in [0.5, 0.6) is 0 Å². The van der Waals surface area contributed by atoms with E-state index in [2.05, 4.69) is 18.8 Å². The first-order chi connectivity index (χ1) is 8.40. The molecule has 0 amide bonds. The summed E-state index contributed by atoms with van der Waals surface area (Å²) in [4.78, 5) is 4.04. The van der Waals surface area contributed by atoms with E-state index in [0.29, 0.717) is 5.15 Å². The molecule has 0 saturated carbocycles. The molecule has 1 aromatic heterocycles. The molecule has 96 valence electrons. The largest absolute Gasteiger partial charge is 0.241 e. The van der Waals surface area contributed by atoms with E-state index in [1.807, 2.05) is 38.1 Å². The lowest BCUT2D eigenvalue weighted by Gasteiger charge is -1.97. The molecule has 1 nitrogen and oxygen atoms in total. The lowest BCUT2D eigenvalue weighted by Crippen LogP contribution is -1.84. The highest BCUT2D eigenvalue weighted by atomic mass is 35.5. The van der Waals surface area contributed by atoms with Crippen molar-refractivity contribution in [1.29, 1.82) is 0 Å².